The van der Waals surface area contributed by atoms with Crippen LogP contribution < -0.4 is 4.90 Å². The first-order valence-corrected chi connectivity index (χ1v) is 9.19. The molecule has 126 valence electrons. The number of para-hydroxylation sites is 2. The van der Waals surface area contributed by atoms with E-state index in [1.54, 1.807) is 0 Å². The van der Waals surface area contributed by atoms with Gasteiger partial charge in [0.05, 0.1) is 16.6 Å². The van der Waals surface area contributed by atoms with Crippen molar-refractivity contribution < 1.29 is 0 Å². The Morgan fingerprint density at radius 1 is 1.08 bits per heavy atom. The van der Waals surface area contributed by atoms with Crippen molar-refractivity contribution in [2.45, 2.75) is 39.5 Å². The van der Waals surface area contributed by atoms with Crippen LogP contribution in [-0.4, -0.2) is 22.5 Å². The van der Waals surface area contributed by atoms with Crippen LogP contribution in [0.3, 0.4) is 0 Å². The Hall–Kier alpha value is -2.54. The molecule has 4 nitrogen and oxygen atoms in total. The van der Waals surface area contributed by atoms with E-state index in [9.17, 15) is 5.26 Å². The molecule has 2 aromatic heterocycles. The molecular weight excluding hydrogens is 308 g/mol. The van der Waals surface area contributed by atoms with E-state index in [1.165, 1.54) is 29.8 Å². The highest BCUT2D eigenvalue weighted by Gasteiger charge is 2.36. The van der Waals surface area contributed by atoms with Gasteiger partial charge in [-0.2, -0.15) is 5.26 Å². The summed E-state index contributed by atoms with van der Waals surface area (Å²) in [4.78, 5) is 7.37. The predicted molar refractivity (Wildman–Crippen MR) is 100 cm³/mol. The zero-order chi connectivity index (χ0) is 17.2. The van der Waals surface area contributed by atoms with E-state index in [1.807, 2.05) is 12.1 Å². The summed E-state index contributed by atoms with van der Waals surface area (Å²) in [6.07, 6.45) is 4.48. The van der Waals surface area contributed by atoms with Crippen LogP contribution in [-0.2, 0) is 12.8 Å². The minimum Gasteiger partial charge on any atom is -0.357 e. The summed E-state index contributed by atoms with van der Waals surface area (Å²) in [5.74, 6) is 1.29. The molecule has 0 saturated carbocycles. The minimum absolute atomic E-state index is 0.206. The highest BCUT2D eigenvalue weighted by atomic mass is 15.2. The van der Waals surface area contributed by atoms with E-state index in [4.69, 9.17) is 4.98 Å². The Bertz CT molecular complexity index is 1050. The van der Waals surface area contributed by atoms with Gasteiger partial charge in [0.15, 0.2) is 5.65 Å². The number of hydrogen-bond donors (Lipinski definition) is 0. The number of hydrogen-bond acceptors (Lipinski definition) is 3. The van der Waals surface area contributed by atoms with Crippen LogP contribution in [0.15, 0.2) is 24.3 Å². The fraction of sp³-hybridized carbons (Fsp3) is 0.429. The molecule has 0 N–H and O–H groups in total. The molecule has 0 bridgehead atoms. The Morgan fingerprint density at radius 3 is 2.56 bits per heavy atom. The zero-order valence-corrected chi connectivity index (χ0v) is 14.8. The van der Waals surface area contributed by atoms with Gasteiger partial charge in [0, 0.05) is 13.1 Å². The molecule has 0 unspecified atom stereocenters. The normalized spacial score (nSPS) is 18.8. The van der Waals surface area contributed by atoms with Crippen molar-refractivity contribution in [3.63, 3.8) is 0 Å². The fourth-order valence-electron chi connectivity index (χ4n) is 4.74. The number of fused-ring (bicyclic) bond motifs is 4. The van der Waals surface area contributed by atoms with Gasteiger partial charge in [-0.3, -0.25) is 4.40 Å². The van der Waals surface area contributed by atoms with Crippen molar-refractivity contribution in [2.24, 2.45) is 5.41 Å². The maximum Gasteiger partial charge on any atom is 0.157 e. The number of benzene rings is 1. The average Bonchev–Trinajstić information content (AvgIpc) is 3.28. The van der Waals surface area contributed by atoms with Gasteiger partial charge in [0.25, 0.3) is 0 Å². The Balaban J connectivity index is 1.96. The van der Waals surface area contributed by atoms with Crippen LogP contribution in [0.5, 0.6) is 0 Å². The maximum atomic E-state index is 9.93. The van der Waals surface area contributed by atoms with Crippen molar-refractivity contribution >= 4 is 22.5 Å². The Labute approximate surface area is 147 Å². The van der Waals surface area contributed by atoms with Crippen LogP contribution in [0.4, 0.5) is 5.82 Å². The number of nitrogens with zero attached hydrogens (tertiary/aromatic N) is 4. The number of imidazole rings is 1. The van der Waals surface area contributed by atoms with Gasteiger partial charge in [-0.15, -0.1) is 0 Å². The highest BCUT2D eigenvalue weighted by molar-refractivity contribution is 5.86. The molecule has 0 radical (unpaired) electrons. The molecule has 4 heteroatoms. The predicted octanol–water partition coefficient (Wildman–Crippen LogP) is 4.08. The topological polar surface area (TPSA) is 44.3 Å². The summed E-state index contributed by atoms with van der Waals surface area (Å²) in [6.45, 7) is 6.81. The smallest absolute Gasteiger partial charge is 0.157 e. The molecule has 1 aliphatic heterocycles. The van der Waals surface area contributed by atoms with E-state index in [0.717, 1.165) is 48.2 Å². The molecule has 0 amide bonds. The second-order valence-electron chi connectivity index (χ2n) is 8.24. The van der Waals surface area contributed by atoms with Crippen LogP contribution >= 0.6 is 0 Å². The van der Waals surface area contributed by atoms with Crippen LogP contribution in [0, 0.1) is 16.7 Å². The number of aromatic nitrogens is 2. The lowest BCUT2D eigenvalue weighted by molar-refractivity contribution is 0.392. The third kappa shape index (κ3) is 2.02. The largest absolute Gasteiger partial charge is 0.357 e. The zero-order valence-electron chi connectivity index (χ0n) is 14.8. The lowest BCUT2D eigenvalue weighted by Gasteiger charge is -2.24. The molecule has 0 atom stereocenters. The number of rotatable bonds is 1. The number of nitriles is 1. The third-order valence-corrected chi connectivity index (χ3v) is 5.76. The molecule has 1 fully saturated rings. The second-order valence-corrected chi connectivity index (χ2v) is 8.24. The molecule has 1 aromatic carbocycles. The first-order chi connectivity index (χ1) is 12.1. The molecule has 3 heterocycles. The molecule has 2 aliphatic rings. The number of anilines is 1. The van der Waals surface area contributed by atoms with Crippen LogP contribution in [0.1, 0.15) is 43.4 Å². The van der Waals surface area contributed by atoms with Crippen LogP contribution in [0.2, 0.25) is 0 Å². The molecule has 1 saturated heterocycles. The fourth-order valence-corrected chi connectivity index (χ4v) is 4.74. The van der Waals surface area contributed by atoms with E-state index < -0.39 is 0 Å². The van der Waals surface area contributed by atoms with Gasteiger partial charge in [-0.25, -0.2) is 4.98 Å². The van der Waals surface area contributed by atoms with Crippen molar-refractivity contribution in [3.8, 4) is 6.07 Å². The summed E-state index contributed by atoms with van der Waals surface area (Å²) in [6, 6.07) is 10.7. The van der Waals surface area contributed by atoms with Gasteiger partial charge in [0.2, 0.25) is 0 Å². The number of pyridine rings is 1. The Kier molecular flexibility index (Phi) is 2.94. The summed E-state index contributed by atoms with van der Waals surface area (Å²) in [7, 11) is 0. The van der Waals surface area contributed by atoms with E-state index in [0.29, 0.717) is 0 Å². The summed E-state index contributed by atoms with van der Waals surface area (Å²) in [5, 5.41) is 9.93. The van der Waals surface area contributed by atoms with Crippen molar-refractivity contribution in [1.82, 2.24) is 9.38 Å². The van der Waals surface area contributed by atoms with Crippen molar-refractivity contribution in [2.75, 3.05) is 18.0 Å². The average molecular weight is 330 g/mol. The van der Waals surface area contributed by atoms with Gasteiger partial charge in [0.1, 0.15) is 11.9 Å². The van der Waals surface area contributed by atoms with Gasteiger partial charge in [-0.1, -0.05) is 26.0 Å². The van der Waals surface area contributed by atoms with Gasteiger partial charge >= 0.3 is 0 Å². The summed E-state index contributed by atoms with van der Waals surface area (Å²) in [5.41, 5.74) is 6.52. The van der Waals surface area contributed by atoms with Crippen molar-refractivity contribution in [3.05, 3.63) is 41.0 Å². The van der Waals surface area contributed by atoms with E-state index >= 15 is 0 Å². The molecule has 25 heavy (non-hydrogen) atoms. The van der Waals surface area contributed by atoms with Crippen molar-refractivity contribution in [1.29, 1.82) is 5.26 Å². The third-order valence-electron chi connectivity index (χ3n) is 5.76. The van der Waals surface area contributed by atoms with E-state index in [-0.39, 0.29) is 5.41 Å². The summed E-state index contributed by atoms with van der Waals surface area (Å²) < 4.78 is 2.26. The van der Waals surface area contributed by atoms with E-state index in [2.05, 4.69) is 41.4 Å². The Morgan fingerprint density at radius 2 is 1.80 bits per heavy atom. The SMILES string of the molecule is CC1(C)Cc2c(c(N3CCCC3)n3c(nc4ccccc43)c2C#N)C1. The quantitative estimate of drug-likeness (QED) is 0.675. The maximum absolute atomic E-state index is 9.93. The summed E-state index contributed by atoms with van der Waals surface area (Å²) >= 11 is 0. The standard InChI is InChI=1S/C21H22N4/c1-21(2)11-14-15(12-21)20(24-9-5-6-10-24)25-18-8-4-3-7-17(18)23-19(25)16(14)13-22/h3-4,7-8H,5-6,9-12H2,1-2H3. The van der Waals surface area contributed by atoms with Crippen LogP contribution in [0.25, 0.3) is 16.7 Å². The second kappa shape index (κ2) is 4.98. The minimum atomic E-state index is 0.206. The molecule has 3 aromatic rings. The lowest BCUT2D eigenvalue weighted by Crippen LogP contribution is -2.23. The highest BCUT2D eigenvalue weighted by Crippen LogP contribution is 2.45. The lowest BCUT2D eigenvalue weighted by atomic mass is 9.90. The first kappa shape index (κ1) is 14.8. The molecule has 0 spiro atoms. The first-order valence-electron chi connectivity index (χ1n) is 9.19. The molecular formula is C21H22N4. The van der Waals surface area contributed by atoms with Gasteiger partial charge in [-0.05, 0) is 54.4 Å². The monoisotopic (exact) mass is 330 g/mol. The molecule has 1 aliphatic carbocycles. The molecule has 5 rings (SSSR count). The van der Waals surface area contributed by atoms with Gasteiger partial charge < -0.3 is 4.90 Å².